The van der Waals surface area contributed by atoms with Gasteiger partial charge in [0, 0.05) is 12.2 Å². The number of carboxylic acid groups (broad SMARTS) is 1. The predicted molar refractivity (Wildman–Crippen MR) is 72.3 cm³/mol. The maximum absolute atomic E-state index is 12.0. The molecule has 7 heteroatoms. The topological polar surface area (TPSA) is 100 Å². The zero-order valence-corrected chi connectivity index (χ0v) is 11.7. The van der Waals surface area contributed by atoms with Gasteiger partial charge in [0.05, 0.1) is 0 Å². The molecule has 0 aliphatic heterocycles. The summed E-state index contributed by atoms with van der Waals surface area (Å²) in [5.41, 5.74) is 0.205. The van der Waals surface area contributed by atoms with E-state index in [-0.39, 0.29) is 24.2 Å². The molecule has 0 aliphatic carbocycles. The Kier molecular flexibility index (Phi) is 5.31. The van der Waals surface area contributed by atoms with Gasteiger partial charge < -0.3 is 20.3 Å². The molecule has 0 aromatic carbocycles. The van der Waals surface area contributed by atoms with E-state index in [0.717, 1.165) is 0 Å². The van der Waals surface area contributed by atoms with Gasteiger partial charge in [-0.2, -0.15) is 0 Å². The highest BCUT2D eigenvalue weighted by molar-refractivity contribution is 5.96. The molecule has 1 rings (SSSR count). The summed E-state index contributed by atoms with van der Waals surface area (Å²) < 4.78 is 1.31. The third-order valence-electron chi connectivity index (χ3n) is 2.54. The van der Waals surface area contributed by atoms with Crippen molar-refractivity contribution in [2.24, 2.45) is 0 Å². The lowest BCUT2D eigenvalue weighted by Gasteiger charge is -2.16. The van der Waals surface area contributed by atoms with Crippen molar-refractivity contribution in [1.82, 2.24) is 15.2 Å². The minimum absolute atomic E-state index is 0.0160. The summed E-state index contributed by atoms with van der Waals surface area (Å²) in [5.74, 6) is -1.81. The summed E-state index contributed by atoms with van der Waals surface area (Å²) in [6.45, 7) is 4.91. The van der Waals surface area contributed by atoms with Crippen LogP contribution in [0.4, 0.5) is 0 Å². The summed E-state index contributed by atoms with van der Waals surface area (Å²) in [6, 6.07) is 2.37. The van der Waals surface area contributed by atoms with E-state index in [9.17, 15) is 14.4 Å². The molecule has 1 unspecified atom stereocenters. The van der Waals surface area contributed by atoms with Gasteiger partial charge in [0.1, 0.15) is 18.3 Å². The number of rotatable bonds is 6. The van der Waals surface area contributed by atoms with Crippen LogP contribution in [0.1, 0.15) is 31.3 Å². The van der Waals surface area contributed by atoms with Crippen LogP contribution in [0.2, 0.25) is 0 Å². The molecule has 0 aliphatic rings. The highest BCUT2D eigenvalue weighted by Gasteiger charge is 2.19. The van der Waals surface area contributed by atoms with E-state index < -0.39 is 17.9 Å². The van der Waals surface area contributed by atoms with Crippen LogP contribution in [0.25, 0.3) is 0 Å². The number of hydrogen-bond acceptors (Lipinski definition) is 3. The number of aromatic nitrogens is 1. The van der Waals surface area contributed by atoms with Crippen molar-refractivity contribution >= 4 is 17.8 Å². The van der Waals surface area contributed by atoms with E-state index in [1.54, 1.807) is 13.0 Å². The summed E-state index contributed by atoms with van der Waals surface area (Å²) in [5, 5.41) is 14.0. The maximum atomic E-state index is 12.0. The molecule has 110 valence electrons. The first-order valence-electron chi connectivity index (χ1n) is 6.29. The van der Waals surface area contributed by atoms with Gasteiger partial charge in [-0.3, -0.25) is 14.4 Å². The average Bonchev–Trinajstić information content (AvgIpc) is 2.75. The van der Waals surface area contributed by atoms with Crippen LogP contribution in [0.3, 0.4) is 0 Å². The number of hydrogen-bond donors (Lipinski definition) is 3. The van der Waals surface area contributed by atoms with Gasteiger partial charge in [0.25, 0.3) is 5.91 Å². The second-order valence-corrected chi connectivity index (χ2v) is 4.77. The lowest BCUT2D eigenvalue weighted by molar-refractivity contribution is -0.137. The Bertz CT molecular complexity index is 507. The molecular weight excluding hydrogens is 262 g/mol. The normalized spacial score (nSPS) is 12.0. The zero-order valence-electron chi connectivity index (χ0n) is 11.7. The van der Waals surface area contributed by atoms with Crippen LogP contribution >= 0.6 is 0 Å². The molecule has 0 bridgehead atoms. The second-order valence-electron chi connectivity index (χ2n) is 4.77. The number of nitrogens with zero attached hydrogens (tertiary/aromatic N) is 1. The van der Waals surface area contributed by atoms with E-state index in [1.807, 2.05) is 13.8 Å². The van der Waals surface area contributed by atoms with Crippen molar-refractivity contribution in [3.05, 3.63) is 24.0 Å². The monoisotopic (exact) mass is 281 g/mol. The van der Waals surface area contributed by atoms with Gasteiger partial charge in [0.15, 0.2) is 0 Å². The number of carbonyl (C=O) groups is 3. The smallest absolute Gasteiger partial charge is 0.323 e. The van der Waals surface area contributed by atoms with Crippen LogP contribution in [0.15, 0.2) is 18.3 Å². The molecule has 0 radical (unpaired) electrons. The van der Waals surface area contributed by atoms with Gasteiger partial charge in [-0.25, -0.2) is 0 Å². The van der Waals surface area contributed by atoms with E-state index in [1.165, 1.54) is 16.8 Å². The molecule has 20 heavy (non-hydrogen) atoms. The maximum Gasteiger partial charge on any atom is 0.323 e. The Balaban J connectivity index is 2.69. The minimum atomic E-state index is -1.04. The largest absolute Gasteiger partial charge is 0.480 e. The van der Waals surface area contributed by atoms with Crippen molar-refractivity contribution < 1.29 is 19.5 Å². The third-order valence-corrected chi connectivity index (χ3v) is 2.54. The van der Waals surface area contributed by atoms with Crippen LogP contribution < -0.4 is 10.6 Å². The number of nitrogens with one attached hydrogen (secondary N) is 2. The molecule has 0 fully saturated rings. The molecular formula is C13H19N3O4. The van der Waals surface area contributed by atoms with Crippen molar-refractivity contribution in [2.75, 3.05) is 0 Å². The van der Waals surface area contributed by atoms with Crippen molar-refractivity contribution in [3.8, 4) is 0 Å². The summed E-state index contributed by atoms with van der Waals surface area (Å²) in [7, 11) is 0. The molecule has 1 heterocycles. The van der Waals surface area contributed by atoms with Crippen molar-refractivity contribution in [1.29, 1.82) is 0 Å². The third kappa shape index (κ3) is 4.42. The van der Waals surface area contributed by atoms with E-state index >= 15 is 0 Å². The van der Waals surface area contributed by atoms with Crippen LogP contribution in [0.5, 0.6) is 0 Å². The van der Waals surface area contributed by atoms with E-state index in [2.05, 4.69) is 10.6 Å². The first-order valence-corrected chi connectivity index (χ1v) is 6.29. The van der Waals surface area contributed by atoms with Crippen LogP contribution in [0, 0.1) is 0 Å². The quantitative estimate of drug-likeness (QED) is 0.694. The highest BCUT2D eigenvalue weighted by Crippen LogP contribution is 2.03. The number of carboxylic acids is 1. The lowest BCUT2D eigenvalue weighted by atomic mass is 10.2. The van der Waals surface area contributed by atoms with Crippen molar-refractivity contribution in [3.63, 3.8) is 0 Å². The van der Waals surface area contributed by atoms with E-state index in [0.29, 0.717) is 0 Å². The first-order chi connectivity index (χ1) is 9.31. The predicted octanol–water partition coefficient (Wildman–Crippen LogP) is 0.216. The number of carbonyl (C=O) groups excluding carboxylic acids is 2. The first kappa shape index (κ1) is 15.7. The number of aliphatic carboxylic acids is 1. The van der Waals surface area contributed by atoms with Crippen LogP contribution in [-0.4, -0.2) is 39.5 Å². The van der Waals surface area contributed by atoms with E-state index in [4.69, 9.17) is 5.11 Å². The minimum Gasteiger partial charge on any atom is -0.480 e. The molecule has 1 atom stereocenters. The molecule has 0 saturated carbocycles. The van der Waals surface area contributed by atoms with Gasteiger partial charge >= 0.3 is 5.97 Å². The van der Waals surface area contributed by atoms with Gasteiger partial charge in [-0.05, 0) is 32.9 Å². The molecule has 0 saturated heterocycles. The zero-order chi connectivity index (χ0) is 15.3. The second kappa shape index (κ2) is 6.74. The molecule has 1 aromatic heterocycles. The Morgan fingerprint density at radius 1 is 1.25 bits per heavy atom. The number of amides is 2. The standard InChI is InChI=1S/C13H19N3O4/c1-8(2)14-12(19)9(3)15-13(20)10-5-4-6-16(10)7-11(17)18/h4-6,8-9H,7H2,1-3H3,(H,14,19)(H,15,20)(H,17,18). The summed E-state index contributed by atoms with van der Waals surface area (Å²) >= 11 is 0. The van der Waals surface area contributed by atoms with Crippen molar-refractivity contribution in [2.45, 2.75) is 39.4 Å². The van der Waals surface area contributed by atoms with Gasteiger partial charge in [0.2, 0.25) is 5.91 Å². The SMILES string of the molecule is CC(C)NC(=O)C(C)NC(=O)c1cccn1CC(=O)O. The molecule has 2 amide bonds. The van der Waals surface area contributed by atoms with Crippen LogP contribution in [-0.2, 0) is 16.1 Å². The fraction of sp³-hybridized carbons (Fsp3) is 0.462. The molecule has 1 aromatic rings. The Morgan fingerprint density at radius 2 is 1.90 bits per heavy atom. The molecule has 7 nitrogen and oxygen atoms in total. The van der Waals surface area contributed by atoms with Gasteiger partial charge in [-0.15, -0.1) is 0 Å². The Hall–Kier alpha value is -2.31. The lowest BCUT2D eigenvalue weighted by Crippen LogP contribution is -2.47. The fourth-order valence-corrected chi connectivity index (χ4v) is 1.65. The van der Waals surface area contributed by atoms with Gasteiger partial charge in [-0.1, -0.05) is 0 Å². The summed E-state index contributed by atoms with van der Waals surface area (Å²) in [6.07, 6.45) is 1.50. The summed E-state index contributed by atoms with van der Waals surface area (Å²) in [4.78, 5) is 34.4. The Labute approximate surface area is 117 Å². The molecule has 3 N–H and O–H groups in total. The average molecular weight is 281 g/mol. The fourth-order valence-electron chi connectivity index (χ4n) is 1.65. The molecule has 0 spiro atoms. The highest BCUT2D eigenvalue weighted by atomic mass is 16.4. The Morgan fingerprint density at radius 3 is 2.45 bits per heavy atom.